The van der Waals surface area contributed by atoms with Gasteiger partial charge in [-0.05, 0) is 24.1 Å². The van der Waals surface area contributed by atoms with E-state index in [0.29, 0.717) is 4.90 Å². The quantitative estimate of drug-likeness (QED) is 0.876. The van der Waals surface area contributed by atoms with Gasteiger partial charge < -0.3 is 10.0 Å². The molecule has 3 atom stereocenters. The Labute approximate surface area is 147 Å². The van der Waals surface area contributed by atoms with Crippen LogP contribution in [0.15, 0.2) is 60.7 Å². The number of aliphatic carboxylic acids is 1. The third-order valence-corrected chi connectivity index (χ3v) is 4.39. The zero-order valence-corrected chi connectivity index (χ0v) is 13.6. The zero-order chi connectivity index (χ0) is 18.9. The second-order valence-corrected chi connectivity index (χ2v) is 6.18. The summed E-state index contributed by atoms with van der Waals surface area (Å²) < 4.78 is 41.7. The third-order valence-electron chi connectivity index (χ3n) is 4.39. The van der Waals surface area contributed by atoms with E-state index >= 15 is 0 Å². The molecule has 1 amide bonds. The van der Waals surface area contributed by atoms with E-state index in [4.69, 9.17) is 5.11 Å². The number of hydrogen-bond acceptors (Lipinski definition) is 2. The third kappa shape index (κ3) is 3.56. The molecule has 0 radical (unpaired) electrons. The first-order valence-corrected chi connectivity index (χ1v) is 8.03. The van der Waals surface area contributed by atoms with E-state index in [1.165, 1.54) is 36.4 Å². The predicted molar refractivity (Wildman–Crippen MR) is 87.4 cm³/mol. The molecule has 1 saturated carbocycles. The molecule has 0 saturated heterocycles. The van der Waals surface area contributed by atoms with E-state index in [-0.39, 0.29) is 17.5 Å². The van der Waals surface area contributed by atoms with Gasteiger partial charge >= 0.3 is 12.1 Å². The molecule has 0 heterocycles. The molecule has 3 unspecified atom stereocenters. The van der Waals surface area contributed by atoms with Crippen molar-refractivity contribution in [3.8, 4) is 0 Å². The topological polar surface area (TPSA) is 57.6 Å². The molecule has 2 aromatic rings. The summed E-state index contributed by atoms with van der Waals surface area (Å²) in [4.78, 5) is 24.8. The first-order valence-electron chi connectivity index (χ1n) is 8.03. The maximum atomic E-state index is 13.9. The van der Waals surface area contributed by atoms with E-state index in [1.54, 1.807) is 24.3 Å². The number of carbonyl (C=O) groups excluding carboxylic acids is 1. The smallest absolute Gasteiger partial charge is 0.413 e. The number of rotatable bonds is 5. The Bertz CT molecular complexity index is 793. The van der Waals surface area contributed by atoms with Crippen LogP contribution in [0.1, 0.15) is 28.4 Å². The molecule has 1 aliphatic rings. The molecule has 0 spiro atoms. The Morgan fingerprint density at radius 1 is 1.00 bits per heavy atom. The highest BCUT2D eigenvalue weighted by atomic mass is 19.4. The number of carboxylic acid groups (broad SMARTS) is 1. The minimum absolute atomic E-state index is 0.00726. The number of benzene rings is 2. The van der Waals surface area contributed by atoms with Gasteiger partial charge in [-0.2, -0.15) is 13.2 Å². The van der Waals surface area contributed by atoms with Gasteiger partial charge in [-0.3, -0.25) is 9.59 Å². The SMILES string of the molecule is O=C(O)C1CC1N(C(=O)c1ccccc1)C(c1ccccc1)C(F)(F)F. The van der Waals surface area contributed by atoms with Crippen molar-refractivity contribution in [2.45, 2.75) is 24.7 Å². The Balaban J connectivity index is 2.06. The lowest BCUT2D eigenvalue weighted by Gasteiger charge is -2.34. The molecule has 1 aliphatic carbocycles. The maximum absolute atomic E-state index is 13.9. The van der Waals surface area contributed by atoms with Gasteiger partial charge in [-0.25, -0.2) is 0 Å². The van der Waals surface area contributed by atoms with Crippen LogP contribution in [-0.2, 0) is 4.79 Å². The molecule has 1 fully saturated rings. The van der Waals surface area contributed by atoms with E-state index in [2.05, 4.69) is 0 Å². The standard InChI is InChI=1S/C19H16F3NO3/c20-19(21,22)16(12-7-3-1-4-8-12)23(15-11-14(15)18(25)26)17(24)13-9-5-2-6-10-13/h1-10,14-16H,11H2,(H,25,26). The van der Waals surface area contributed by atoms with E-state index in [9.17, 15) is 22.8 Å². The van der Waals surface area contributed by atoms with Crippen molar-refractivity contribution < 1.29 is 27.9 Å². The van der Waals surface area contributed by atoms with Gasteiger partial charge in [0.2, 0.25) is 0 Å². The Morgan fingerprint density at radius 3 is 2.00 bits per heavy atom. The van der Waals surface area contributed by atoms with E-state index in [0.717, 1.165) is 0 Å². The van der Waals surface area contributed by atoms with E-state index < -0.39 is 36.1 Å². The second kappa shape index (κ2) is 6.82. The average molecular weight is 363 g/mol. The summed E-state index contributed by atoms with van der Waals surface area (Å²) in [7, 11) is 0. The molecule has 0 bridgehead atoms. The minimum atomic E-state index is -4.74. The first kappa shape index (κ1) is 18.0. The Hall–Kier alpha value is -2.83. The van der Waals surface area contributed by atoms with Gasteiger partial charge in [0.05, 0.1) is 5.92 Å². The van der Waals surface area contributed by atoms with Crippen LogP contribution >= 0.6 is 0 Å². The van der Waals surface area contributed by atoms with Crippen molar-refractivity contribution in [1.82, 2.24) is 4.90 Å². The molecule has 136 valence electrons. The molecule has 26 heavy (non-hydrogen) atoms. The zero-order valence-electron chi connectivity index (χ0n) is 13.6. The largest absolute Gasteiger partial charge is 0.481 e. The van der Waals surface area contributed by atoms with Crippen LogP contribution < -0.4 is 0 Å². The summed E-state index contributed by atoms with van der Waals surface area (Å²) >= 11 is 0. The summed E-state index contributed by atoms with van der Waals surface area (Å²) in [5.41, 5.74) is -0.00552. The van der Waals surface area contributed by atoms with Crippen molar-refractivity contribution in [1.29, 1.82) is 0 Å². The van der Waals surface area contributed by atoms with Crippen molar-refractivity contribution >= 4 is 11.9 Å². The molecular weight excluding hydrogens is 347 g/mol. The lowest BCUT2D eigenvalue weighted by atomic mass is 10.0. The summed E-state index contributed by atoms with van der Waals surface area (Å²) in [5.74, 6) is -3.02. The van der Waals surface area contributed by atoms with Gasteiger partial charge in [-0.15, -0.1) is 0 Å². The van der Waals surface area contributed by atoms with Gasteiger partial charge in [0.15, 0.2) is 6.04 Å². The molecule has 3 rings (SSSR count). The molecule has 0 aliphatic heterocycles. The van der Waals surface area contributed by atoms with Crippen molar-refractivity contribution in [3.63, 3.8) is 0 Å². The van der Waals surface area contributed by atoms with Crippen LogP contribution in [0.5, 0.6) is 0 Å². The summed E-state index contributed by atoms with van der Waals surface area (Å²) in [5, 5.41) is 9.16. The Kier molecular flexibility index (Phi) is 4.71. The number of carboxylic acids is 1. The molecule has 0 aromatic heterocycles. The second-order valence-electron chi connectivity index (χ2n) is 6.18. The molecule has 1 N–H and O–H groups in total. The van der Waals surface area contributed by atoms with Gasteiger partial charge in [0.1, 0.15) is 0 Å². The monoisotopic (exact) mass is 363 g/mol. The fourth-order valence-electron chi connectivity index (χ4n) is 3.09. The number of carbonyl (C=O) groups is 2. The summed E-state index contributed by atoms with van der Waals surface area (Å²) in [6.45, 7) is 0. The average Bonchev–Trinajstić information content (AvgIpc) is 3.40. The lowest BCUT2D eigenvalue weighted by Crippen LogP contribution is -2.44. The number of amides is 1. The van der Waals surface area contributed by atoms with Crippen molar-refractivity contribution in [2.24, 2.45) is 5.92 Å². The van der Waals surface area contributed by atoms with Crippen LogP contribution in [0, 0.1) is 5.92 Å². The molecule has 7 heteroatoms. The minimum Gasteiger partial charge on any atom is -0.481 e. The predicted octanol–water partition coefficient (Wildman–Crippen LogP) is 3.91. The maximum Gasteiger partial charge on any atom is 0.413 e. The van der Waals surface area contributed by atoms with Gasteiger partial charge in [0, 0.05) is 11.6 Å². The Morgan fingerprint density at radius 2 is 1.54 bits per heavy atom. The number of halogens is 3. The van der Waals surface area contributed by atoms with Crippen LogP contribution in [0.2, 0.25) is 0 Å². The highest BCUT2D eigenvalue weighted by molar-refractivity contribution is 5.95. The summed E-state index contributed by atoms with van der Waals surface area (Å²) in [6, 6.07) is 11.5. The fraction of sp³-hybridized carbons (Fsp3) is 0.263. The van der Waals surface area contributed by atoms with Crippen molar-refractivity contribution in [3.05, 3.63) is 71.8 Å². The highest BCUT2D eigenvalue weighted by Gasteiger charge is 2.57. The summed E-state index contributed by atoms with van der Waals surface area (Å²) in [6.07, 6.45) is -4.73. The normalized spacial score (nSPS) is 20.3. The number of hydrogen-bond donors (Lipinski definition) is 1. The molecular formula is C19H16F3NO3. The first-order chi connectivity index (χ1) is 12.3. The molecule has 2 aromatic carbocycles. The van der Waals surface area contributed by atoms with Crippen LogP contribution in [0.3, 0.4) is 0 Å². The van der Waals surface area contributed by atoms with E-state index in [1.807, 2.05) is 0 Å². The fourth-order valence-corrected chi connectivity index (χ4v) is 3.09. The molecule has 4 nitrogen and oxygen atoms in total. The number of alkyl halides is 3. The highest BCUT2D eigenvalue weighted by Crippen LogP contribution is 2.47. The van der Waals surface area contributed by atoms with Gasteiger partial charge in [-0.1, -0.05) is 48.5 Å². The van der Waals surface area contributed by atoms with Crippen molar-refractivity contribution in [2.75, 3.05) is 0 Å². The van der Waals surface area contributed by atoms with Crippen LogP contribution in [0.4, 0.5) is 13.2 Å². The van der Waals surface area contributed by atoms with Crippen LogP contribution in [-0.4, -0.2) is 34.1 Å². The van der Waals surface area contributed by atoms with Gasteiger partial charge in [0.25, 0.3) is 5.91 Å². The lowest BCUT2D eigenvalue weighted by molar-refractivity contribution is -0.181. The number of nitrogens with zero attached hydrogens (tertiary/aromatic N) is 1. The van der Waals surface area contributed by atoms with Crippen LogP contribution in [0.25, 0.3) is 0 Å².